The first-order chi connectivity index (χ1) is 4.86. The van der Waals surface area contributed by atoms with Gasteiger partial charge in [-0.1, -0.05) is 0 Å². The molecule has 0 aliphatic carbocycles. The highest BCUT2D eigenvalue weighted by atomic mass is 16.1. The van der Waals surface area contributed by atoms with Gasteiger partial charge in [0.25, 0.3) is 5.56 Å². The number of hydrogen-bond acceptors (Lipinski definition) is 2. The summed E-state index contributed by atoms with van der Waals surface area (Å²) in [5.74, 6) is 0.826. The summed E-state index contributed by atoms with van der Waals surface area (Å²) in [6.07, 6.45) is 3.76. The number of anilines is 1. The highest BCUT2D eigenvalue weighted by Crippen LogP contribution is 2.06. The topological polar surface area (TPSA) is 49.8 Å². The second kappa shape index (κ2) is 1.76. The van der Waals surface area contributed by atoms with Gasteiger partial charge in [-0.15, -0.1) is 0 Å². The van der Waals surface area contributed by atoms with E-state index in [0.29, 0.717) is 0 Å². The zero-order valence-corrected chi connectivity index (χ0v) is 5.29. The Hall–Kier alpha value is -1.45. The minimum absolute atomic E-state index is 0.0637. The normalized spacial score (nSPS) is 14.4. The number of fused-ring (bicyclic) bond motifs is 1. The fourth-order valence-corrected chi connectivity index (χ4v) is 0.994. The van der Waals surface area contributed by atoms with Crippen LogP contribution in [0.4, 0.5) is 5.82 Å². The van der Waals surface area contributed by atoms with Crippen LogP contribution in [-0.2, 0) is 6.54 Å². The SMILES string of the molecule is O=c1cc2n([nH]1)CC=CN2. The van der Waals surface area contributed by atoms with Crippen LogP contribution in [0.2, 0.25) is 0 Å². The minimum Gasteiger partial charge on any atom is -0.347 e. The summed E-state index contributed by atoms with van der Waals surface area (Å²) in [5, 5.41) is 5.58. The summed E-state index contributed by atoms with van der Waals surface area (Å²) in [6, 6.07) is 1.53. The number of hydrogen-bond donors (Lipinski definition) is 2. The molecule has 1 aromatic heterocycles. The zero-order chi connectivity index (χ0) is 6.97. The van der Waals surface area contributed by atoms with Crippen molar-refractivity contribution in [1.82, 2.24) is 9.78 Å². The summed E-state index contributed by atoms with van der Waals surface area (Å²) in [4.78, 5) is 10.7. The number of nitrogens with one attached hydrogen (secondary N) is 2. The van der Waals surface area contributed by atoms with Crippen molar-refractivity contribution in [1.29, 1.82) is 0 Å². The number of aromatic amines is 1. The molecule has 0 spiro atoms. The quantitative estimate of drug-likeness (QED) is 0.533. The van der Waals surface area contributed by atoms with Gasteiger partial charge in [-0.2, -0.15) is 0 Å². The Morgan fingerprint density at radius 3 is 3.30 bits per heavy atom. The second-order valence-corrected chi connectivity index (χ2v) is 2.16. The van der Waals surface area contributed by atoms with E-state index in [1.165, 1.54) is 6.07 Å². The third-order valence-corrected chi connectivity index (χ3v) is 1.44. The van der Waals surface area contributed by atoms with Crippen LogP contribution < -0.4 is 10.9 Å². The Morgan fingerprint density at radius 1 is 1.60 bits per heavy atom. The van der Waals surface area contributed by atoms with Gasteiger partial charge in [0.15, 0.2) is 0 Å². The van der Waals surface area contributed by atoms with Gasteiger partial charge in [-0.25, -0.2) is 0 Å². The van der Waals surface area contributed by atoms with Crippen LogP contribution in [0.25, 0.3) is 0 Å². The van der Waals surface area contributed by atoms with Gasteiger partial charge in [0.2, 0.25) is 0 Å². The fourth-order valence-electron chi connectivity index (χ4n) is 0.994. The van der Waals surface area contributed by atoms with Gasteiger partial charge in [0.05, 0.1) is 6.54 Å². The molecule has 0 aromatic carbocycles. The van der Waals surface area contributed by atoms with Crippen molar-refractivity contribution in [3.05, 3.63) is 28.7 Å². The first-order valence-electron chi connectivity index (χ1n) is 3.08. The largest absolute Gasteiger partial charge is 0.347 e. The van der Waals surface area contributed by atoms with Gasteiger partial charge in [-0.05, 0) is 6.08 Å². The molecule has 0 saturated carbocycles. The summed E-state index contributed by atoms with van der Waals surface area (Å²) in [6.45, 7) is 0.741. The van der Waals surface area contributed by atoms with Crippen molar-refractivity contribution in [2.45, 2.75) is 6.54 Å². The molecule has 0 fully saturated rings. The monoisotopic (exact) mass is 137 g/mol. The van der Waals surface area contributed by atoms with E-state index in [4.69, 9.17) is 0 Å². The van der Waals surface area contributed by atoms with Gasteiger partial charge < -0.3 is 5.32 Å². The Balaban J connectivity index is 2.56. The van der Waals surface area contributed by atoms with E-state index in [9.17, 15) is 4.79 Å². The van der Waals surface area contributed by atoms with Crippen LogP contribution in [0, 0.1) is 0 Å². The summed E-state index contributed by atoms with van der Waals surface area (Å²) >= 11 is 0. The van der Waals surface area contributed by atoms with Crippen molar-refractivity contribution >= 4 is 5.82 Å². The number of nitrogens with zero attached hydrogens (tertiary/aromatic N) is 1. The van der Waals surface area contributed by atoms with Crippen molar-refractivity contribution in [2.24, 2.45) is 0 Å². The molecule has 1 aliphatic heterocycles. The molecule has 1 aromatic rings. The first kappa shape index (κ1) is 5.34. The van der Waals surface area contributed by atoms with Gasteiger partial charge >= 0.3 is 0 Å². The highest BCUT2D eigenvalue weighted by Gasteiger charge is 2.02. The van der Waals surface area contributed by atoms with Crippen LogP contribution in [0.5, 0.6) is 0 Å². The van der Waals surface area contributed by atoms with Crippen LogP contribution in [0.15, 0.2) is 23.1 Å². The van der Waals surface area contributed by atoms with Gasteiger partial charge in [0.1, 0.15) is 5.82 Å². The zero-order valence-electron chi connectivity index (χ0n) is 5.29. The number of rotatable bonds is 0. The molecule has 52 valence electrons. The molecule has 2 heterocycles. The smallest absolute Gasteiger partial charge is 0.266 e. The first-order valence-corrected chi connectivity index (χ1v) is 3.08. The molecule has 4 nitrogen and oxygen atoms in total. The maximum Gasteiger partial charge on any atom is 0.266 e. The summed E-state index contributed by atoms with van der Waals surface area (Å²) in [7, 11) is 0. The van der Waals surface area contributed by atoms with E-state index >= 15 is 0 Å². The Labute approximate surface area is 57.1 Å². The average molecular weight is 137 g/mol. The lowest BCUT2D eigenvalue weighted by Gasteiger charge is -2.08. The van der Waals surface area contributed by atoms with Crippen molar-refractivity contribution in [3.63, 3.8) is 0 Å². The maximum atomic E-state index is 10.7. The molecule has 0 saturated heterocycles. The molecule has 10 heavy (non-hydrogen) atoms. The Morgan fingerprint density at radius 2 is 2.50 bits per heavy atom. The van der Waals surface area contributed by atoms with E-state index in [2.05, 4.69) is 10.4 Å². The van der Waals surface area contributed by atoms with Crippen LogP contribution in [0.1, 0.15) is 0 Å². The average Bonchev–Trinajstić information content (AvgIpc) is 2.27. The van der Waals surface area contributed by atoms with Crippen LogP contribution in [0.3, 0.4) is 0 Å². The molecule has 4 heteroatoms. The molecule has 0 amide bonds. The number of aromatic nitrogens is 2. The van der Waals surface area contributed by atoms with Crippen LogP contribution >= 0.6 is 0 Å². The predicted octanol–water partition coefficient (Wildman–Crippen LogP) is 0.116. The van der Waals surface area contributed by atoms with Crippen LogP contribution in [-0.4, -0.2) is 9.78 Å². The molecule has 2 N–H and O–H groups in total. The third kappa shape index (κ3) is 0.655. The van der Waals surface area contributed by atoms with E-state index < -0.39 is 0 Å². The standard InChI is InChI=1S/C6H7N3O/c10-6-4-5-7-2-1-3-9(5)8-6/h1-2,4,7H,3H2,(H,8,10). The second-order valence-electron chi connectivity index (χ2n) is 2.16. The lowest BCUT2D eigenvalue weighted by atomic mass is 10.5. The van der Waals surface area contributed by atoms with Crippen molar-refractivity contribution in [3.8, 4) is 0 Å². The number of allylic oxidation sites excluding steroid dienone is 1. The van der Waals surface area contributed by atoms with Gasteiger partial charge in [-0.3, -0.25) is 14.6 Å². The predicted molar refractivity (Wildman–Crippen MR) is 37.8 cm³/mol. The summed E-state index contributed by atoms with van der Waals surface area (Å²) in [5.41, 5.74) is -0.0637. The Bertz CT molecular complexity index is 291. The lowest BCUT2D eigenvalue weighted by Crippen LogP contribution is -2.09. The molecule has 0 bridgehead atoms. The molecule has 0 radical (unpaired) electrons. The maximum absolute atomic E-state index is 10.7. The lowest BCUT2D eigenvalue weighted by molar-refractivity contribution is 0.692. The minimum atomic E-state index is -0.0637. The number of H-pyrrole nitrogens is 1. The molecule has 2 rings (SSSR count). The van der Waals surface area contributed by atoms with Crippen molar-refractivity contribution < 1.29 is 0 Å². The van der Waals surface area contributed by atoms with E-state index in [0.717, 1.165) is 12.4 Å². The molecule has 0 unspecified atom stereocenters. The molecule has 0 atom stereocenters. The van der Waals surface area contributed by atoms with Crippen molar-refractivity contribution in [2.75, 3.05) is 5.32 Å². The van der Waals surface area contributed by atoms with E-state index in [1.807, 2.05) is 12.3 Å². The molecule has 1 aliphatic rings. The van der Waals surface area contributed by atoms with Gasteiger partial charge in [0, 0.05) is 12.3 Å². The van der Waals surface area contributed by atoms with E-state index in [1.54, 1.807) is 4.68 Å². The summed E-state index contributed by atoms with van der Waals surface area (Å²) < 4.78 is 1.75. The highest BCUT2D eigenvalue weighted by molar-refractivity contribution is 5.39. The molecular formula is C6H7N3O. The Kier molecular flexibility index (Phi) is 0.943. The van der Waals surface area contributed by atoms with E-state index in [-0.39, 0.29) is 5.56 Å². The molecular weight excluding hydrogens is 130 g/mol. The fraction of sp³-hybridized carbons (Fsp3) is 0.167. The third-order valence-electron chi connectivity index (χ3n) is 1.44.